The maximum atomic E-state index is 12.7. The number of morpholine rings is 1. The van der Waals surface area contributed by atoms with Gasteiger partial charge >= 0.3 is 0 Å². The van der Waals surface area contributed by atoms with E-state index in [-0.39, 0.29) is 11.8 Å². The zero-order valence-electron chi connectivity index (χ0n) is 15.2. The Kier molecular flexibility index (Phi) is 5.68. The van der Waals surface area contributed by atoms with E-state index in [9.17, 15) is 9.59 Å². The Morgan fingerprint density at radius 3 is 2.50 bits per heavy atom. The number of para-hydroxylation sites is 1. The molecule has 136 valence electrons. The van der Waals surface area contributed by atoms with E-state index in [0.717, 1.165) is 23.2 Å². The quantitative estimate of drug-likeness (QED) is 0.919. The Balaban J connectivity index is 1.79. The third kappa shape index (κ3) is 3.94. The van der Waals surface area contributed by atoms with Crippen molar-refractivity contribution >= 4 is 17.5 Å². The predicted molar refractivity (Wildman–Crippen MR) is 102 cm³/mol. The number of benzene rings is 2. The number of aryl methyl sites for hydroxylation is 2. The van der Waals surface area contributed by atoms with Gasteiger partial charge in [0.1, 0.15) is 0 Å². The lowest BCUT2D eigenvalue weighted by Gasteiger charge is -2.27. The lowest BCUT2D eigenvalue weighted by molar-refractivity contribution is 0.0303. The van der Waals surface area contributed by atoms with Crippen LogP contribution in [0.4, 0.5) is 5.69 Å². The van der Waals surface area contributed by atoms with E-state index >= 15 is 0 Å². The second-order valence-electron chi connectivity index (χ2n) is 6.40. The average molecular weight is 352 g/mol. The van der Waals surface area contributed by atoms with Gasteiger partial charge in [0, 0.05) is 29.9 Å². The van der Waals surface area contributed by atoms with Crippen molar-refractivity contribution in [2.75, 3.05) is 31.6 Å². The smallest absolute Gasteiger partial charge is 0.255 e. The molecule has 2 aromatic carbocycles. The molecule has 2 amide bonds. The monoisotopic (exact) mass is 352 g/mol. The summed E-state index contributed by atoms with van der Waals surface area (Å²) in [4.78, 5) is 27.1. The Labute approximate surface area is 154 Å². The summed E-state index contributed by atoms with van der Waals surface area (Å²) in [7, 11) is 0. The van der Waals surface area contributed by atoms with Crippen LogP contribution < -0.4 is 5.32 Å². The molecule has 1 N–H and O–H groups in total. The molecule has 1 aliphatic rings. The van der Waals surface area contributed by atoms with Gasteiger partial charge < -0.3 is 15.0 Å². The number of rotatable bonds is 4. The van der Waals surface area contributed by atoms with E-state index in [2.05, 4.69) is 12.2 Å². The maximum absolute atomic E-state index is 12.7. The lowest BCUT2D eigenvalue weighted by atomic mass is 10.0. The van der Waals surface area contributed by atoms with Gasteiger partial charge in [0.05, 0.1) is 13.2 Å². The van der Waals surface area contributed by atoms with Crippen LogP contribution in [0.2, 0.25) is 0 Å². The van der Waals surface area contributed by atoms with Gasteiger partial charge in [-0.05, 0) is 42.7 Å². The summed E-state index contributed by atoms with van der Waals surface area (Å²) in [5.41, 5.74) is 3.98. The summed E-state index contributed by atoms with van der Waals surface area (Å²) in [5, 5.41) is 3.01. The van der Waals surface area contributed by atoms with Crippen molar-refractivity contribution in [2.24, 2.45) is 0 Å². The van der Waals surface area contributed by atoms with E-state index in [1.165, 1.54) is 0 Å². The Hall–Kier alpha value is -2.66. The van der Waals surface area contributed by atoms with E-state index in [4.69, 9.17) is 4.74 Å². The van der Waals surface area contributed by atoms with Crippen LogP contribution in [0.3, 0.4) is 0 Å². The molecule has 3 rings (SSSR count). The molecule has 0 spiro atoms. The van der Waals surface area contributed by atoms with Gasteiger partial charge in [-0.2, -0.15) is 0 Å². The van der Waals surface area contributed by atoms with E-state index in [1.807, 2.05) is 25.1 Å². The molecule has 5 nitrogen and oxygen atoms in total. The fourth-order valence-corrected chi connectivity index (χ4v) is 3.13. The van der Waals surface area contributed by atoms with Crippen molar-refractivity contribution in [2.45, 2.75) is 20.3 Å². The molecular weight excluding hydrogens is 328 g/mol. The Bertz CT molecular complexity index is 811. The minimum Gasteiger partial charge on any atom is -0.378 e. The molecule has 0 saturated carbocycles. The molecule has 0 bridgehead atoms. The molecular formula is C21H24N2O3. The molecule has 1 fully saturated rings. The first-order valence-corrected chi connectivity index (χ1v) is 8.97. The summed E-state index contributed by atoms with van der Waals surface area (Å²) in [6.45, 7) is 6.31. The van der Waals surface area contributed by atoms with Gasteiger partial charge in [0.15, 0.2) is 0 Å². The standard InChI is InChI=1S/C21H24N2O3/c1-3-16-7-4-6-15(2)19(16)22-20(24)17-8-5-9-18(14-17)21(25)23-10-12-26-13-11-23/h4-9,14H,3,10-13H2,1-2H3,(H,22,24). The largest absolute Gasteiger partial charge is 0.378 e. The van der Waals surface area contributed by atoms with Crippen molar-refractivity contribution in [3.63, 3.8) is 0 Å². The molecule has 0 aliphatic carbocycles. The predicted octanol–water partition coefficient (Wildman–Crippen LogP) is 3.28. The number of carbonyl (C=O) groups is 2. The molecule has 26 heavy (non-hydrogen) atoms. The fourth-order valence-electron chi connectivity index (χ4n) is 3.13. The lowest BCUT2D eigenvalue weighted by Crippen LogP contribution is -2.40. The third-order valence-corrected chi connectivity index (χ3v) is 4.65. The van der Waals surface area contributed by atoms with Crippen LogP contribution in [0.25, 0.3) is 0 Å². The van der Waals surface area contributed by atoms with Crippen LogP contribution in [0, 0.1) is 6.92 Å². The summed E-state index contributed by atoms with van der Waals surface area (Å²) >= 11 is 0. The van der Waals surface area contributed by atoms with Crippen LogP contribution in [-0.2, 0) is 11.2 Å². The average Bonchev–Trinajstić information content (AvgIpc) is 2.69. The highest BCUT2D eigenvalue weighted by Gasteiger charge is 2.19. The third-order valence-electron chi connectivity index (χ3n) is 4.65. The van der Waals surface area contributed by atoms with Gasteiger partial charge in [0.25, 0.3) is 11.8 Å². The zero-order valence-corrected chi connectivity index (χ0v) is 15.2. The van der Waals surface area contributed by atoms with Crippen molar-refractivity contribution in [1.82, 2.24) is 4.90 Å². The first-order valence-electron chi connectivity index (χ1n) is 8.97. The van der Waals surface area contributed by atoms with Crippen molar-refractivity contribution in [1.29, 1.82) is 0 Å². The summed E-state index contributed by atoms with van der Waals surface area (Å²) in [5.74, 6) is -0.265. The van der Waals surface area contributed by atoms with Crippen LogP contribution in [0.5, 0.6) is 0 Å². The summed E-state index contributed by atoms with van der Waals surface area (Å²) < 4.78 is 5.29. The molecule has 1 saturated heterocycles. The van der Waals surface area contributed by atoms with Gasteiger partial charge in [-0.3, -0.25) is 9.59 Å². The number of ether oxygens (including phenoxy) is 1. The van der Waals surface area contributed by atoms with Gasteiger partial charge in [-0.15, -0.1) is 0 Å². The minimum absolute atomic E-state index is 0.0620. The first kappa shape index (κ1) is 18.1. The molecule has 1 aliphatic heterocycles. The fraction of sp³-hybridized carbons (Fsp3) is 0.333. The number of amides is 2. The molecule has 0 unspecified atom stereocenters. The maximum Gasteiger partial charge on any atom is 0.255 e. The van der Waals surface area contributed by atoms with E-state index in [1.54, 1.807) is 29.2 Å². The van der Waals surface area contributed by atoms with Crippen LogP contribution >= 0.6 is 0 Å². The van der Waals surface area contributed by atoms with Crippen LogP contribution in [-0.4, -0.2) is 43.0 Å². The second kappa shape index (κ2) is 8.15. The number of nitrogens with one attached hydrogen (secondary N) is 1. The molecule has 5 heteroatoms. The number of nitrogens with zero attached hydrogens (tertiary/aromatic N) is 1. The Morgan fingerprint density at radius 2 is 1.77 bits per heavy atom. The van der Waals surface area contributed by atoms with Gasteiger partial charge in [-0.1, -0.05) is 31.2 Å². The number of carbonyl (C=O) groups excluding carboxylic acids is 2. The summed E-state index contributed by atoms with van der Waals surface area (Å²) in [6, 6.07) is 12.9. The highest BCUT2D eigenvalue weighted by molar-refractivity contribution is 6.06. The normalized spacial score (nSPS) is 14.2. The highest BCUT2D eigenvalue weighted by atomic mass is 16.5. The number of anilines is 1. The van der Waals surface area contributed by atoms with Crippen molar-refractivity contribution < 1.29 is 14.3 Å². The topological polar surface area (TPSA) is 58.6 Å². The van der Waals surface area contributed by atoms with Gasteiger partial charge in [0.2, 0.25) is 0 Å². The minimum atomic E-state index is -0.203. The number of hydrogen-bond donors (Lipinski definition) is 1. The number of hydrogen-bond acceptors (Lipinski definition) is 3. The zero-order chi connectivity index (χ0) is 18.5. The SMILES string of the molecule is CCc1cccc(C)c1NC(=O)c1cccc(C(=O)N2CCOCC2)c1. The van der Waals surface area contributed by atoms with Crippen LogP contribution in [0.1, 0.15) is 38.8 Å². The van der Waals surface area contributed by atoms with Crippen molar-refractivity contribution in [3.8, 4) is 0 Å². The molecule has 0 atom stereocenters. The highest BCUT2D eigenvalue weighted by Crippen LogP contribution is 2.22. The molecule has 2 aromatic rings. The summed E-state index contributed by atoms with van der Waals surface area (Å²) in [6.07, 6.45) is 0.840. The van der Waals surface area contributed by atoms with Crippen LogP contribution in [0.15, 0.2) is 42.5 Å². The molecule has 0 radical (unpaired) electrons. The Morgan fingerprint density at radius 1 is 1.08 bits per heavy atom. The van der Waals surface area contributed by atoms with Gasteiger partial charge in [-0.25, -0.2) is 0 Å². The van der Waals surface area contributed by atoms with E-state index < -0.39 is 0 Å². The second-order valence-corrected chi connectivity index (χ2v) is 6.40. The first-order chi connectivity index (χ1) is 12.6. The van der Waals surface area contributed by atoms with E-state index in [0.29, 0.717) is 37.4 Å². The van der Waals surface area contributed by atoms with Crippen molar-refractivity contribution in [3.05, 3.63) is 64.7 Å². The molecule has 0 aromatic heterocycles. The molecule has 1 heterocycles.